The van der Waals surface area contributed by atoms with Gasteiger partial charge in [0.2, 0.25) is 5.89 Å². The van der Waals surface area contributed by atoms with Crippen LogP contribution in [0.25, 0.3) is 0 Å². The Balaban J connectivity index is 1.57. The van der Waals surface area contributed by atoms with Crippen LogP contribution in [0.3, 0.4) is 0 Å². The normalized spacial score (nSPS) is 18.7. The predicted molar refractivity (Wildman–Crippen MR) is 99.1 cm³/mol. The molecule has 27 heavy (non-hydrogen) atoms. The highest BCUT2D eigenvalue weighted by molar-refractivity contribution is 5.92. The van der Waals surface area contributed by atoms with Crippen LogP contribution in [0.15, 0.2) is 28.9 Å². The first kappa shape index (κ1) is 19.2. The van der Waals surface area contributed by atoms with Crippen molar-refractivity contribution in [3.63, 3.8) is 0 Å². The van der Waals surface area contributed by atoms with Gasteiger partial charge in [-0.05, 0) is 51.3 Å². The van der Waals surface area contributed by atoms with E-state index in [-0.39, 0.29) is 29.9 Å². The first-order valence-corrected chi connectivity index (χ1v) is 9.03. The SMILES string of the molecule is COc1cc(C)ccc1OCc1nc(C(=O)N[C@@H]2CCOC(C)(C)C2)co1. The summed E-state index contributed by atoms with van der Waals surface area (Å²) >= 11 is 0. The van der Waals surface area contributed by atoms with E-state index in [9.17, 15) is 4.79 Å². The Bertz CT molecular complexity index is 799. The fraction of sp³-hybridized carbons (Fsp3) is 0.500. The molecule has 2 aromatic rings. The molecule has 1 aliphatic heterocycles. The molecule has 0 spiro atoms. The zero-order valence-corrected chi connectivity index (χ0v) is 16.2. The number of rotatable bonds is 6. The van der Waals surface area contributed by atoms with E-state index in [0.717, 1.165) is 18.4 Å². The van der Waals surface area contributed by atoms with Crippen molar-refractivity contribution >= 4 is 5.91 Å². The van der Waals surface area contributed by atoms with E-state index >= 15 is 0 Å². The Morgan fingerprint density at radius 3 is 2.93 bits per heavy atom. The molecule has 0 unspecified atom stereocenters. The van der Waals surface area contributed by atoms with Gasteiger partial charge in [-0.2, -0.15) is 0 Å². The number of benzene rings is 1. The quantitative estimate of drug-likeness (QED) is 0.836. The molecule has 1 atom stereocenters. The maximum atomic E-state index is 12.4. The number of hydrogen-bond donors (Lipinski definition) is 1. The Morgan fingerprint density at radius 1 is 1.37 bits per heavy atom. The molecule has 0 saturated carbocycles. The minimum absolute atomic E-state index is 0.0643. The molecule has 1 aromatic heterocycles. The third-order valence-electron chi connectivity index (χ3n) is 4.49. The predicted octanol–water partition coefficient (Wildman–Crippen LogP) is 3.26. The number of carbonyl (C=O) groups is 1. The number of ether oxygens (including phenoxy) is 3. The molecule has 0 aliphatic carbocycles. The van der Waals surface area contributed by atoms with Crippen molar-refractivity contribution in [3.05, 3.63) is 41.6 Å². The van der Waals surface area contributed by atoms with Crippen LogP contribution in [0, 0.1) is 6.92 Å². The molecule has 146 valence electrons. The van der Waals surface area contributed by atoms with Crippen LogP contribution in [0.1, 0.15) is 48.6 Å². The summed E-state index contributed by atoms with van der Waals surface area (Å²) in [4.78, 5) is 16.6. The second kappa shape index (κ2) is 8.00. The molecule has 1 saturated heterocycles. The maximum Gasteiger partial charge on any atom is 0.273 e. The van der Waals surface area contributed by atoms with Crippen molar-refractivity contribution in [3.8, 4) is 11.5 Å². The summed E-state index contributed by atoms with van der Waals surface area (Å²) in [7, 11) is 1.59. The number of methoxy groups -OCH3 is 1. The minimum atomic E-state index is -0.249. The molecule has 1 aromatic carbocycles. The van der Waals surface area contributed by atoms with Gasteiger partial charge >= 0.3 is 0 Å². The third kappa shape index (κ3) is 5.01. The highest BCUT2D eigenvalue weighted by atomic mass is 16.5. The lowest BCUT2D eigenvalue weighted by molar-refractivity contribution is -0.0615. The second-order valence-corrected chi connectivity index (χ2v) is 7.34. The summed E-state index contributed by atoms with van der Waals surface area (Å²) < 4.78 is 22.1. The maximum absolute atomic E-state index is 12.4. The van der Waals surface area contributed by atoms with Gasteiger partial charge in [0, 0.05) is 12.6 Å². The fourth-order valence-electron chi connectivity index (χ4n) is 3.13. The van der Waals surface area contributed by atoms with Gasteiger partial charge in [-0.3, -0.25) is 4.79 Å². The zero-order chi connectivity index (χ0) is 19.4. The minimum Gasteiger partial charge on any atom is -0.493 e. The summed E-state index contributed by atoms with van der Waals surface area (Å²) in [5, 5.41) is 3.00. The number of amides is 1. The summed E-state index contributed by atoms with van der Waals surface area (Å²) in [6.07, 6.45) is 2.90. The third-order valence-corrected chi connectivity index (χ3v) is 4.49. The number of carbonyl (C=O) groups excluding carboxylic acids is 1. The average molecular weight is 374 g/mol. The number of aryl methyl sites for hydroxylation is 1. The van der Waals surface area contributed by atoms with Crippen molar-refractivity contribution < 1.29 is 23.4 Å². The van der Waals surface area contributed by atoms with Crippen molar-refractivity contribution in [2.24, 2.45) is 0 Å². The first-order valence-electron chi connectivity index (χ1n) is 9.03. The van der Waals surface area contributed by atoms with Gasteiger partial charge in [0.05, 0.1) is 12.7 Å². The fourth-order valence-corrected chi connectivity index (χ4v) is 3.13. The van der Waals surface area contributed by atoms with Gasteiger partial charge in [-0.15, -0.1) is 0 Å². The zero-order valence-electron chi connectivity index (χ0n) is 16.2. The standard InChI is InChI=1S/C20H26N2O5/c1-13-5-6-16(17(9-13)24-4)25-12-18-22-15(11-26-18)19(23)21-14-7-8-27-20(2,3)10-14/h5-6,9,11,14H,7-8,10,12H2,1-4H3,(H,21,23)/t14-/m1/s1. The van der Waals surface area contributed by atoms with E-state index in [1.807, 2.05) is 39.0 Å². The molecule has 1 amide bonds. The van der Waals surface area contributed by atoms with Crippen LogP contribution in [0.5, 0.6) is 11.5 Å². The Hall–Kier alpha value is -2.54. The number of nitrogens with one attached hydrogen (secondary N) is 1. The smallest absolute Gasteiger partial charge is 0.273 e. The van der Waals surface area contributed by atoms with Crippen LogP contribution in [-0.4, -0.2) is 36.3 Å². The lowest BCUT2D eigenvalue weighted by atomic mass is 9.94. The van der Waals surface area contributed by atoms with Crippen molar-refractivity contribution in [1.29, 1.82) is 0 Å². The molecular formula is C20H26N2O5. The van der Waals surface area contributed by atoms with Gasteiger partial charge in [-0.1, -0.05) is 6.07 Å². The summed E-state index contributed by atoms with van der Waals surface area (Å²) in [5.74, 6) is 1.31. The molecule has 1 aliphatic rings. The highest BCUT2D eigenvalue weighted by Gasteiger charge is 2.30. The van der Waals surface area contributed by atoms with Crippen LogP contribution in [0.2, 0.25) is 0 Å². The van der Waals surface area contributed by atoms with E-state index in [1.54, 1.807) is 7.11 Å². The molecule has 2 heterocycles. The molecule has 0 radical (unpaired) electrons. The second-order valence-electron chi connectivity index (χ2n) is 7.34. The number of aromatic nitrogens is 1. The topological polar surface area (TPSA) is 82.8 Å². The Morgan fingerprint density at radius 2 is 2.19 bits per heavy atom. The van der Waals surface area contributed by atoms with E-state index in [0.29, 0.717) is 24.0 Å². The van der Waals surface area contributed by atoms with Gasteiger partial charge < -0.3 is 23.9 Å². The summed E-state index contributed by atoms with van der Waals surface area (Å²) in [6.45, 7) is 6.77. The van der Waals surface area contributed by atoms with Crippen LogP contribution in [-0.2, 0) is 11.3 Å². The van der Waals surface area contributed by atoms with E-state index in [4.69, 9.17) is 18.6 Å². The molecule has 1 N–H and O–H groups in total. The van der Waals surface area contributed by atoms with E-state index in [1.165, 1.54) is 6.26 Å². The van der Waals surface area contributed by atoms with Crippen LogP contribution >= 0.6 is 0 Å². The highest BCUT2D eigenvalue weighted by Crippen LogP contribution is 2.28. The molecule has 1 fully saturated rings. The summed E-state index contributed by atoms with van der Waals surface area (Å²) in [5.41, 5.74) is 1.09. The summed E-state index contributed by atoms with van der Waals surface area (Å²) in [6, 6.07) is 5.72. The largest absolute Gasteiger partial charge is 0.493 e. The van der Waals surface area contributed by atoms with Crippen molar-refractivity contribution in [2.75, 3.05) is 13.7 Å². The van der Waals surface area contributed by atoms with Crippen LogP contribution in [0.4, 0.5) is 0 Å². The van der Waals surface area contributed by atoms with Gasteiger partial charge in [0.25, 0.3) is 5.91 Å². The first-order chi connectivity index (χ1) is 12.9. The average Bonchev–Trinajstić information content (AvgIpc) is 3.09. The Kier molecular flexibility index (Phi) is 5.70. The van der Waals surface area contributed by atoms with Gasteiger partial charge in [-0.25, -0.2) is 4.98 Å². The number of hydrogen-bond acceptors (Lipinski definition) is 6. The molecule has 7 nitrogen and oxygen atoms in total. The Labute approximate surface area is 159 Å². The van der Waals surface area contributed by atoms with Crippen LogP contribution < -0.4 is 14.8 Å². The van der Waals surface area contributed by atoms with Crippen molar-refractivity contribution in [1.82, 2.24) is 10.3 Å². The molecule has 0 bridgehead atoms. The monoisotopic (exact) mass is 374 g/mol. The van der Waals surface area contributed by atoms with Gasteiger partial charge in [0.15, 0.2) is 23.8 Å². The van der Waals surface area contributed by atoms with Gasteiger partial charge in [0.1, 0.15) is 6.26 Å². The van der Waals surface area contributed by atoms with Crippen molar-refractivity contribution in [2.45, 2.75) is 51.9 Å². The molecule has 7 heteroatoms. The van der Waals surface area contributed by atoms with E-state index < -0.39 is 0 Å². The lowest BCUT2D eigenvalue weighted by Crippen LogP contribution is -2.45. The molecule has 3 rings (SSSR count). The lowest BCUT2D eigenvalue weighted by Gasteiger charge is -2.35. The number of oxazole rings is 1. The van der Waals surface area contributed by atoms with E-state index in [2.05, 4.69) is 10.3 Å². The number of nitrogens with zero attached hydrogens (tertiary/aromatic N) is 1. The molecular weight excluding hydrogens is 348 g/mol.